The lowest BCUT2D eigenvalue weighted by molar-refractivity contribution is -0.135. The van der Waals surface area contributed by atoms with Crippen molar-refractivity contribution in [3.8, 4) is 0 Å². The number of aryl methyl sites for hydroxylation is 2. The smallest absolute Gasteiger partial charge is 0.264 e. The molecule has 0 aliphatic carbocycles. The molecule has 0 fully saturated rings. The number of carbonyl (C=O) groups excluding carboxylic acids is 2. The molecule has 1 aliphatic heterocycles. The van der Waals surface area contributed by atoms with Crippen molar-refractivity contribution in [2.75, 3.05) is 11.4 Å². The Balaban J connectivity index is 2.01. The minimum absolute atomic E-state index is 0.298. The van der Waals surface area contributed by atoms with E-state index in [9.17, 15) is 14.7 Å². The normalized spacial score (nSPS) is 19.1. The molecule has 2 heterocycles. The Bertz CT molecular complexity index is 853. The van der Waals surface area contributed by atoms with Crippen molar-refractivity contribution in [2.24, 2.45) is 0 Å². The summed E-state index contributed by atoms with van der Waals surface area (Å²) in [5, 5.41) is 11.3. The number of furan rings is 1. The van der Waals surface area contributed by atoms with E-state index in [2.05, 4.69) is 15.9 Å². The summed E-state index contributed by atoms with van der Waals surface area (Å²) in [5.41, 5.74) is 0.427. The van der Waals surface area contributed by atoms with Gasteiger partial charge in [0.1, 0.15) is 5.76 Å². The third-order valence-corrected chi connectivity index (χ3v) is 5.38. The summed E-state index contributed by atoms with van der Waals surface area (Å²) in [6, 6.07) is 5.37. The van der Waals surface area contributed by atoms with Gasteiger partial charge in [0.25, 0.3) is 5.91 Å². The predicted octanol–water partition coefficient (Wildman–Crippen LogP) is 4.27. The zero-order chi connectivity index (χ0) is 19.1. The number of anilines is 1. The molecule has 1 N–H and O–H groups in total. The van der Waals surface area contributed by atoms with E-state index in [1.165, 1.54) is 6.26 Å². The van der Waals surface area contributed by atoms with Gasteiger partial charge < -0.3 is 14.4 Å². The topological polar surface area (TPSA) is 70.8 Å². The summed E-state index contributed by atoms with van der Waals surface area (Å²) in [7, 11) is 0. The first kappa shape index (κ1) is 18.9. The van der Waals surface area contributed by atoms with E-state index in [0.29, 0.717) is 34.7 Å². The summed E-state index contributed by atoms with van der Waals surface area (Å²) >= 11 is 3.40. The van der Waals surface area contributed by atoms with Gasteiger partial charge in [-0.3, -0.25) is 9.59 Å². The first-order valence-electron chi connectivity index (χ1n) is 8.72. The van der Waals surface area contributed by atoms with Gasteiger partial charge in [-0.05, 0) is 44.0 Å². The average Bonchev–Trinajstić information content (AvgIpc) is 3.02. The number of nitrogens with zero attached hydrogens (tertiary/aromatic N) is 1. The molecular weight excluding hydrogens is 398 g/mol. The molecule has 0 spiro atoms. The van der Waals surface area contributed by atoms with E-state index >= 15 is 0 Å². The molecule has 0 bridgehead atoms. The molecule has 6 heteroatoms. The average molecular weight is 420 g/mol. The number of rotatable bonds is 6. The summed E-state index contributed by atoms with van der Waals surface area (Å²) < 4.78 is 6.05. The number of halogens is 1. The van der Waals surface area contributed by atoms with E-state index in [4.69, 9.17) is 4.42 Å². The summed E-state index contributed by atoms with van der Waals surface area (Å²) in [5.74, 6) is -0.238. The zero-order valence-electron chi connectivity index (χ0n) is 15.1. The van der Waals surface area contributed by atoms with Gasteiger partial charge in [-0.25, -0.2) is 0 Å². The quantitative estimate of drug-likeness (QED) is 0.709. The number of ketones is 1. The number of carbonyl (C=O) groups is 2. The highest BCUT2D eigenvalue weighted by atomic mass is 79.9. The molecule has 1 aromatic carbocycles. The minimum atomic E-state index is -1.86. The molecule has 0 saturated carbocycles. The standard InChI is InChI=1S/C20H22BrNO4/c1-4-5-8-22-16-7-6-14(21)9-15(16)20(25,19(22)24)10-17(23)18-12(2)11-26-13(18)3/h6-7,9,11,25H,4-5,8,10H2,1-3H3/t20-/m0/s1. The highest BCUT2D eigenvalue weighted by Gasteiger charge is 2.51. The molecular formula is C20H22BrNO4. The molecule has 26 heavy (non-hydrogen) atoms. The zero-order valence-corrected chi connectivity index (χ0v) is 16.7. The van der Waals surface area contributed by atoms with Crippen LogP contribution < -0.4 is 4.90 Å². The molecule has 0 radical (unpaired) electrons. The molecule has 1 amide bonds. The fraction of sp³-hybridized carbons (Fsp3) is 0.400. The van der Waals surface area contributed by atoms with Crippen molar-refractivity contribution in [1.82, 2.24) is 0 Å². The number of aliphatic hydroxyl groups is 1. The fourth-order valence-electron chi connectivity index (χ4n) is 3.54. The number of hydrogen-bond acceptors (Lipinski definition) is 4. The lowest BCUT2D eigenvalue weighted by atomic mass is 9.87. The summed E-state index contributed by atoms with van der Waals surface area (Å²) in [6.45, 7) is 6.05. The van der Waals surface area contributed by atoms with Crippen LogP contribution in [0.4, 0.5) is 5.69 Å². The predicted molar refractivity (Wildman–Crippen MR) is 102 cm³/mol. The van der Waals surface area contributed by atoms with Crippen molar-refractivity contribution >= 4 is 33.3 Å². The largest absolute Gasteiger partial charge is 0.469 e. The van der Waals surface area contributed by atoms with Gasteiger partial charge in [-0.15, -0.1) is 0 Å². The van der Waals surface area contributed by atoms with Crippen LogP contribution in [0.2, 0.25) is 0 Å². The molecule has 1 atom stereocenters. The van der Waals surface area contributed by atoms with Gasteiger partial charge in [0.15, 0.2) is 11.4 Å². The SMILES string of the molecule is CCCCN1C(=O)[C@](O)(CC(=O)c2c(C)coc2C)c2cc(Br)ccc21. The van der Waals surface area contributed by atoms with Crippen LogP contribution in [-0.4, -0.2) is 23.3 Å². The van der Waals surface area contributed by atoms with E-state index < -0.39 is 11.5 Å². The maximum absolute atomic E-state index is 13.1. The van der Waals surface area contributed by atoms with Gasteiger partial charge in [-0.1, -0.05) is 29.3 Å². The Hall–Kier alpha value is -1.92. The lowest BCUT2D eigenvalue weighted by Gasteiger charge is -2.22. The number of unbranched alkanes of at least 4 members (excludes halogenated alkanes) is 1. The first-order valence-corrected chi connectivity index (χ1v) is 9.51. The molecule has 1 aromatic heterocycles. The van der Waals surface area contributed by atoms with Gasteiger partial charge in [-0.2, -0.15) is 0 Å². The highest BCUT2D eigenvalue weighted by Crippen LogP contribution is 2.44. The third kappa shape index (κ3) is 3.01. The highest BCUT2D eigenvalue weighted by molar-refractivity contribution is 9.10. The molecule has 5 nitrogen and oxygen atoms in total. The minimum Gasteiger partial charge on any atom is -0.469 e. The van der Waals surface area contributed by atoms with Crippen molar-refractivity contribution in [1.29, 1.82) is 0 Å². The van der Waals surface area contributed by atoms with Crippen molar-refractivity contribution in [2.45, 2.75) is 45.6 Å². The van der Waals surface area contributed by atoms with Gasteiger partial charge in [0.2, 0.25) is 0 Å². The van der Waals surface area contributed by atoms with Crippen LogP contribution in [0, 0.1) is 13.8 Å². The molecule has 0 unspecified atom stereocenters. The number of hydrogen-bond donors (Lipinski definition) is 1. The van der Waals surface area contributed by atoms with Crippen LogP contribution in [0.1, 0.15) is 53.4 Å². The number of benzene rings is 1. The van der Waals surface area contributed by atoms with E-state index in [-0.39, 0.29) is 12.2 Å². The molecule has 3 rings (SSSR count). The van der Waals surface area contributed by atoms with Crippen molar-refractivity contribution < 1.29 is 19.1 Å². The monoisotopic (exact) mass is 419 g/mol. The molecule has 0 saturated heterocycles. The Labute approximate surface area is 161 Å². The number of fused-ring (bicyclic) bond motifs is 1. The van der Waals surface area contributed by atoms with Crippen molar-refractivity contribution in [3.05, 3.63) is 51.4 Å². The molecule has 2 aromatic rings. The van der Waals surface area contributed by atoms with Crippen LogP contribution >= 0.6 is 15.9 Å². The van der Waals surface area contributed by atoms with Crippen LogP contribution in [0.25, 0.3) is 0 Å². The van der Waals surface area contributed by atoms with Gasteiger partial charge in [0, 0.05) is 16.6 Å². The van der Waals surface area contributed by atoms with Gasteiger partial charge >= 0.3 is 0 Å². The van der Waals surface area contributed by atoms with E-state index in [1.807, 2.05) is 19.1 Å². The maximum Gasteiger partial charge on any atom is 0.264 e. The summed E-state index contributed by atoms with van der Waals surface area (Å²) in [6.07, 6.45) is 2.96. The first-order chi connectivity index (χ1) is 12.3. The third-order valence-electron chi connectivity index (χ3n) is 4.88. The second-order valence-electron chi connectivity index (χ2n) is 6.78. The second kappa shape index (κ2) is 7.00. The fourth-order valence-corrected chi connectivity index (χ4v) is 3.90. The van der Waals surface area contributed by atoms with Crippen LogP contribution in [-0.2, 0) is 10.4 Å². The van der Waals surface area contributed by atoms with Crippen LogP contribution in [0.15, 0.2) is 33.4 Å². The van der Waals surface area contributed by atoms with Crippen LogP contribution in [0.5, 0.6) is 0 Å². The second-order valence-corrected chi connectivity index (χ2v) is 7.70. The van der Waals surface area contributed by atoms with Crippen LogP contribution in [0.3, 0.4) is 0 Å². The maximum atomic E-state index is 13.1. The van der Waals surface area contributed by atoms with E-state index in [1.54, 1.807) is 24.8 Å². The Kier molecular flexibility index (Phi) is 5.08. The molecule has 138 valence electrons. The Morgan fingerprint density at radius 1 is 1.35 bits per heavy atom. The summed E-state index contributed by atoms with van der Waals surface area (Å²) in [4.78, 5) is 27.5. The number of amides is 1. The number of Topliss-reactive ketones (excluding diaryl/α,β-unsaturated/α-hetero) is 1. The van der Waals surface area contributed by atoms with Crippen molar-refractivity contribution in [3.63, 3.8) is 0 Å². The van der Waals surface area contributed by atoms with Gasteiger partial charge in [0.05, 0.1) is 23.9 Å². The molecule has 1 aliphatic rings. The lowest BCUT2D eigenvalue weighted by Crippen LogP contribution is -2.42. The Morgan fingerprint density at radius 3 is 2.69 bits per heavy atom. The Morgan fingerprint density at radius 2 is 2.08 bits per heavy atom. The van der Waals surface area contributed by atoms with E-state index in [0.717, 1.165) is 17.3 Å².